The van der Waals surface area contributed by atoms with Crippen LogP contribution >= 0.6 is 0 Å². The second kappa shape index (κ2) is 7.52. The molecule has 23 heavy (non-hydrogen) atoms. The molecule has 0 radical (unpaired) electrons. The van der Waals surface area contributed by atoms with Crippen molar-refractivity contribution in [2.75, 3.05) is 26.2 Å². The molecular formula is C15H24N6O2. The monoisotopic (exact) mass is 320 g/mol. The molecule has 0 aromatic carbocycles. The minimum absolute atomic E-state index is 0.0941. The molecular weight excluding hydrogens is 296 g/mol. The second-order valence-corrected chi connectivity index (χ2v) is 6.36. The quantitative estimate of drug-likeness (QED) is 0.797. The fourth-order valence-electron chi connectivity index (χ4n) is 3.40. The Kier molecular flexibility index (Phi) is 5.19. The van der Waals surface area contributed by atoms with E-state index in [1.807, 2.05) is 9.80 Å². The molecule has 2 saturated heterocycles. The Morgan fingerprint density at radius 3 is 2.39 bits per heavy atom. The van der Waals surface area contributed by atoms with Crippen molar-refractivity contribution in [2.45, 2.75) is 45.1 Å². The van der Waals surface area contributed by atoms with E-state index in [2.05, 4.69) is 15.5 Å². The number of tetrazole rings is 1. The van der Waals surface area contributed by atoms with Crippen LogP contribution in [0.2, 0.25) is 0 Å². The van der Waals surface area contributed by atoms with Gasteiger partial charge in [-0.3, -0.25) is 9.59 Å². The molecule has 2 aliphatic heterocycles. The fraction of sp³-hybridized carbons (Fsp3) is 0.800. The number of hydrogen-bond acceptors (Lipinski definition) is 5. The molecule has 8 nitrogen and oxygen atoms in total. The molecule has 0 unspecified atom stereocenters. The number of carbonyl (C=O) groups excluding carboxylic acids is 2. The molecule has 3 rings (SSSR count). The van der Waals surface area contributed by atoms with E-state index in [0.29, 0.717) is 32.0 Å². The van der Waals surface area contributed by atoms with Gasteiger partial charge in [-0.1, -0.05) is 0 Å². The lowest BCUT2D eigenvalue weighted by Gasteiger charge is -2.35. The van der Waals surface area contributed by atoms with Crippen molar-refractivity contribution in [3.05, 3.63) is 6.33 Å². The van der Waals surface area contributed by atoms with E-state index in [9.17, 15) is 9.59 Å². The molecule has 2 fully saturated rings. The zero-order chi connectivity index (χ0) is 16.1. The molecule has 0 atom stereocenters. The lowest BCUT2D eigenvalue weighted by atomic mass is 9.94. The van der Waals surface area contributed by atoms with Crippen LogP contribution in [0.1, 0.15) is 38.5 Å². The summed E-state index contributed by atoms with van der Waals surface area (Å²) >= 11 is 0. The summed E-state index contributed by atoms with van der Waals surface area (Å²) in [5, 5.41) is 10.9. The van der Waals surface area contributed by atoms with Gasteiger partial charge in [0.25, 0.3) is 0 Å². The molecule has 126 valence electrons. The molecule has 3 heterocycles. The Morgan fingerprint density at radius 2 is 1.74 bits per heavy atom. The SMILES string of the molecule is O=C(CCn1cnnn1)N1CCC(C(=O)N2CCCCC2)CC1. The third kappa shape index (κ3) is 4.05. The van der Waals surface area contributed by atoms with Crippen molar-refractivity contribution < 1.29 is 9.59 Å². The van der Waals surface area contributed by atoms with E-state index in [1.165, 1.54) is 12.7 Å². The highest BCUT2D eigenvalue weighted by atomic mass is 16.2. The number of rotatable bonds is 4. The van der Waals surface area contributed by atoms with E-state index in [-0.39, 0.29) is 11.8 Å². The van der Waals surface area contributed by atoms with Crippen LogP contribution in [0.15, 0.2) is 6.33 Å². The third-order valence-corrected chi connectivity index (χ3v) is 4.81. The van der Waals surface area contributed by atoms with E-state index in [4.69, 9.17) is 0 Å². The van der Waals surface area contributed by atoms with E-state index < -0.39 is 0 Å². The van der Waals surface area contributed by atoms with Crippen molar-refractivity contribution >= 4 is 11.8 Å². The Balaban J connectivity index is 1.42. The van der Waals surface area contributed by atoms with Gasteiger partial charge in [0.05, 0.1) is 6.54 Å². The van der Waals surface area contributed by atoms with Crippen LogP contribution < -0.4 is 0 Å². The number of amides is 2. The summed E-state index contributed by atoms with van der Waals surface area (Å²) in [7, 11) is 0. The summed E-state index contributed by atoms with van der Waals surface area (Å²) in [6.07, 6.45) is 6.96. The van der Waals surface area contributed by atoms with Gasteiger partial charge in [-0.15, -0.1) is 5.10 Å². The fourth-order valence-corrected chi connectivity index (χ4v) is 3.40. The van der Waals surface area contributed by atoms with Gasteiger partial charge in [0.15, 0.2) is 0 Å². The van der Waals surface area contributed by atoms with Crippen molar-refractivity contribution in [2.24, 2.45) is 5.92 Å². The van der Waals surface area contributed by atoms with Crippen LogP contribution in [0.5, 0.6) is 0 Å². The van der Waals surface area contributed by atoms with E-state index in [1.54, 1.807) is 4.68 Å². The molecule has 1 aromatic heterocycles. The predicted molar refractivity (Wildman–Crippen MR) is 82.2 cm³/mol. The first-order valence-corrected chi connectivity index (χ1v) is 8.51. The molecule has 1 aromatic rings. The first kappa shape index (κ1) is 15.9. The number of aromatic nitrogens is 4. The maximum Gasteiger partial charge on any atom is 0.225 e. The molecule has 0 N–H and O–H groups in total. The average Bonchev–Trinajstić information content (AvgIpc) is 3.13. The van der Waals surface area contributed by atoms with Crippen molar-refractivity contribution in [1.29, 1.82) is 0 Å². The topological polar surface area (TPSA) is 84.2 Å². The molecule has 2 amide bonds. The largest absolute Gasteiger partial charge is 0.343 e. The van der Waals surface area contributed by atoms with Crippen LogP contribution in [0.4, 0.5) is 0 Å². The second-order valence-electron chi connectivity index (χ2n) is 6.36. The summed E-state index contributed by atoms with van der Waals surface area (Å²) in [6, 6.07) is 0. The number of aryl methyl sites for hydroxylation is 1. The molecule has 8 heteroatoms. The highest BCUT2D eigenvalue weighted by Crippen LogP contribution is 2.22. The predicted octanol–water partition coefficient (Wildman–Crippen LogP) is 0.314. The maximum atomic E-state index is 12.5. The first-order chi connectivity index (χ1) is 11.2. The van der Waals surface area contributed by atoms with Gasteiger partial charge >= 0.3 is 0 Å². The summed E-state index contributed by atoms with van der Waals surface area (Å²) in [6.45, 7) is 3.67. The number of hydrogen-bond donors (Lipinski definition) is 0. The van der Waals surface area contributed by atoms with Gasteiger partial charge in [-0.2, -0.15) is 0 Å². The van der Waals surface area contributed by atoms with E-state index >= 15 is 0 Å². The van der Waals surface area contributed by atoms with Gasteiger partial charge in [0.1, 0.15) is 6.33 Å². The summed E-state index contributed by atoms with van der Waals surface area (Å²) in [5.41, 5.74) is 0. The minimum atomic E-state index is 0.0941. The molecule has 0 spiro atoms. The van der Waals surface area contributed by atoms with Gasteiger partial charge in [0, 0.05) is 38.5 Å². The van der Waals surface area contributed by atoms with Gasteiger partial charge in [-0.25, -0.2) is 4.68 Å². The smallest absolute Gasteiger partial charge is 0.225 e. The number of nitrogens with zero attached hydrogens (tertiary/aromatic N) is 6. The van der Waals surface area contributed by atoms with Crippen LogP contribution in [-0.2, 0) is 16.1 Å². The average molecular weight is 320 g/mol. The van der Waals surface area contributed by atoms with Crippen LogP contribution in [0.3, 0.4) is 0 Å². The normalized spacial score (nSPS) is 19.8. The van der Waals surface area contributed by atoms with Crippen LogP contribution in [0.25, 0.3) is 0 Å². The van der Waals surface area contributed by atoms with Gasteiger partial charge < -0.3 is 9.80 Å². The summed E-state index contributed by atoms with van der Waals surface area (Å²) in [4.78, 5) is 28.6. The summed E-state index contributed by atoms with van der Waals surface area (Å²) in [5.74, 6) is 0.506. The van der Waals surface area contributed by atoms with Crippen LogP contribution in [-0.4, -0.2) is 68.0 Å². The van der Waals surface area contributed by atoms with Crippen molar-refractivity contribution in [3.8, 4) is 0 Å². The standard InChI is InChI=1S/C15H24N6O2/c22-14(6-11-21-12-16-17-18-21)19-9-4-13(5-10-19)15(23)20-7-2-1-3-8-20/h12-13H,1-11H2. The number of carbonyl (C=O) groups is 2. The Morgan fingerprint density at radius 1 is 1.00 bits per heavy atom. The number of piperidine rings is 2. The lowest BCUT2D eigenvalue weighted by Crippen LogP contribution is -2.45. The van der Waals surface area contributed by atoms with Crippen LogP contribution in [0, 0.1) is 5.92 Å². The molecule has 0 aliphatic carbocycles. The Labute approximate surface area is 135 Å². The number of likely N-dealkylation sites (tertiary alicyclic amines) is 2. The van der Waals surface area contributed by atoms with E-state index in [0.717, 1.165) is 38.8 Å². The Bertz CT molecular complexity index is 518. The lowest BCUT2D eigenvalue weighted by molar-refractivity contribution is -0.141. The highest BCUT2D eigenvalue weighted by Gasteiger charge is 2.30. The third-order valence-electron chi connectivity index (χ3n) is 4.81. The van der Waals surface area contributed by atoms with Crippen molar-refractivity contribution in [1.82, 2.24) is 30.0 Å². The summed E-state index contributed by atoms with van der Waals surface area (Å²) < 4.78 is 1.56. The molecule has 2 aliphatic rings. The zero-order valence-corrected chi connectivity index (χ0v) is 13.4. The highest BCUT2D eigenvalue weighted by molar-refractivity contribution is 5.80. The van der Waals surface area contributed by atoms with Crippen molar-refractivity contribution in [3.63, 3.8) is 0 Å². The molecule has 0 saturated carbocycles. The minimum Gasteiger partial charge on any atom is -0.343 e. The first-order valence-electron chi connectivity index (χ1n) is 8.51. The van der Waals surface area contributed by atoms with Gasteiger partial charge in [-0.05, 0) is 42.5 Å². The zero-order valence-electron chi connectivity index (χ0n) is 13.4. The van der Waals surface area contributed by atoms with Gasteiger partial charge in [0.2, 0.25) is 11.8 Å². The molecule has 0 bridgehead atoms. The maximum absolute atomic E-state index is 12.5. The Hall–Kier alpha value is -1.99.